The molecule has 0 spiro atoms. The van der Waals surface area contributed by atoms with Crippen LogP contribution < -0.4 is 10.9 Å². The van der Waals surface area contributed by atoms with E-state index in [0.29, 0.717) is 31.0 Å². The second kappa shape index (κ2) is 6.87. The summed E-state index contributed by atoms with van der Waals surface area (Å²) >= 11 is 0. The van der Waals surface area contributed by atoms with Crippen LogP contribution in [0.15, 0.2) is 59.4 Å². The van der Waals surface area contributed by atoms with Crippen LogP contribution in [0.2, 0.25) is 0 Å². The third-order valence-corrected chi connectivity index (χ3v) is 3.35. The minimum atomic E-state index is -0.179. The van der Waals surface area contributed by atoms with Crippen LogP contribution in [0.3, 0.4) is 0 Å². The molecule has 1 aromatic heterocycles. The number of nitrogens with zero attached hydrogens (tertiary/aromatic N) is 1. The van der Waals surface area contributed by atoms with Gasteiger partial charge in [0.25, 0.3) is 5.56 Å². The average molecular weight is 295 g/mol. The lowest BCUT2D eigenvalue weighted by Crippen LogP contribution is -2.15. The summed E-state index contributed by atoms with van der Waals surface area (Å²) in [5.41, 5.74) is 0.969. The van der Waals surface area contributed by atoms with Gasteiger partial charge in [0, 0.05) is 11.9 Å². The first-order chi connectivity index (χ1) is 10.8. The topological polar surface area (TPSA) is 67.0 Å². The Morgan fingerprint density at radius 1 is 1.00 bits per heavy atom. The number of benzene rings is 2. The smallest absolute Gasteiger partial charge is 0.272 e. The molecule has 0 saturated carbocycles. The van der Waals surface area contributed by atoms with E-state index in [4.69, 9.17) is 4.74 Å². The van der Waals surface area contributed by atoms with E-state index < -0.39 is 0 Å². The maximum atomic E-state index is 11.7. The monoisotopic (exact) mass is 295 g/mol. The molecule has 0 radical (unpaired) electrons. The van der Waals surface area contributed by atoms with Crippen molar-refractivity contribution in [1.29, 1.82) is 0 Å². The number of rotatable bonds is 6. The van der Waals surface area contributed by atoms with Crippen LogP contribution in [0, 0.1) is 0 Å². The van der Waals surface area contributed by atoms with Gasteiger partial charge in [-0.05, 0) is 11.6 Å². The van der Waals surface area contributed by atoms with Crippen molar-refractivity contribution in [2.45, 2.75) is 6.61 Å². The highest BCUT2D eigenvalue weighted by atomic mass is 16.5. The van der Waals surface area contributed by atoms with E-state index in [1.165, 1.54) is 0 Å². The maximum absolute atomic E-state index is 11.7. The molecule has 3 rings (SSSR count). The summed E-state index contributed by atoms with van der Waals surface area (Å²) in [5.74, 6) is 0.665. The van der Waals surface area contributed by atoms with Crippen molar-refractivity contribution in [2.75, 3.05) is 18.5 Å². The van der Waals surface area contributed by atoms with Crippen molar-refractivity contribution in [3.05, 3.63) is 70.5 Å². The molecular weight excluding hydrogens is 278 g/mol. The molecule has 0 fully saturated rings. The minimum Gasteiger partial charge on any atom is -0.375 e. The highest BCUT2D eigenvalue weighted by Crippen LogP contribution is 2.16. The molecule has 5 nitrogen and oxygen atoms in total. The fourth-order valence-corrected chi connectivity index (χ4v) is 2.26. The molecule has 2 N–H and O–H groups in total. The Balaban J connectivity index is 1.56. The van der Waals surface area contributed by atoms with E-state index in [1.807, 2.05) is 48.5 Å². The van der Waals surface area contributed by atoms with Gasteiger partial charge in [-0.2, -0.15) is 5.10 Å². The Bertz CT molecular complexity index is 800. The van der Waals surface area contributed by atoms with E-state index in [0.717, 1.165) is 10.9 Å². The molecule has 0 bridgehead atoms. The van der Waals surface area contributed by atoms with E-state index in [2.05, 4.69) is 15.5 Å². The quantitative estimate of drug-likeness (QED) is 0.686. The third kappa shape index (κ3) is 3.32. The lowest BCUT2D eigenvalue weighted by Gasteiger charge is -2.08. The van der Waals surface area contributed by atoms with Gasteiger partial charge in [-0.1, -0.05) is 48.5 Å². The van der Waals surface area contributed by atoms with Gasteiger partial charge in [-0.15, -0.1) is 0 Å². The first kappa shape index (κ1) is 14.3. The Morgan fingerprint density at radius 3 is 2.55 bits per heavy atom. The molecule has 5 heteroatoms. The normalized spacial score (nSPS) is 10.7. The van der Waals surface area contributed by atoms with Crippen molar-refractivity contribution in [1.82, 2.24) is 10.2 Å². The number of nitrogens with one attached hydrogen (secondary N) is 2. The summed E-state index contributed by atoms with van der Waals surface area (Å²) in [7, 11) is 0. The maximum Gasteiger partial charge on any atom is 0.272 e. The van der Waals surface area contributed by atoms with Crippen molar-refractivity contribution in [3.63, 3.8) is 0 Å². The lowest BCUT2D eigenvalue weighted by molar-refractivity contribution is 0.130. The van der Waals surface area contributed by atoms with Gasteiger partial charge in [0.05, 0.1) is 18.6 Å². The molecule has 0 aliphatic carbocycles. The largest absolute Gasteiger partial charge is 0.375 e. The van der Waals surface area contributed by atoms with E-state index in [9.17, 15) is 4.79 Å². The number of fused-ring (bicyclic) bond motifs is 1. The number of aromatic amines is 1. The molecular formula is C17H17N3O2. The summed E-state index contributed by atoms with van der Waals surface area (Å²) in [4.78, 5) is 11.7. The predicted octanol–water partition coefficient (Wildman–Crippen LogP) is 2.55. The summed E-state index contributed by atoms with van der Waals surface area (Å²) < 4.78 is 5.62. The molecule has 0 saturated heterocycles. The number of hydrogen-bond acceptors (Lipinski definition) is 4. The Kier molecular flexibility index (Phi) is 4.46. The molecule has 112 valence electrons. The van der Waals surface area contributed by atoms with Crippen LogP contribution in [-0.4, -0.2) is 23.3 Å². The molecule has 0 amide bonds. The molecule has 3 aromatic rings. The van der Waals surface area contributed by atoms with Crippen LogP contribution in [0.4, 0.5) is 5.82 Å². The lowest BCUT2D eigenvalue weighted by atomic mass is 10.2. The molecule has 0 aliphatic heterocycles. The Labute approximate surface area is 127 Å². The highest BCUT2D eigenvalue weighted by molar-refractivity contribution is 5.90. The zero-order chi connectivity index (χ0) is 15.2. The van der Waals surface area contributed by atoms with Crippen LogP contribution >= 0.6 is 0 Å². The van der Waals surface area contributed by atoms with Crippen molar-refractivity contribution < 1.29 is 4.74 Å². The number of aromatic nitrogens is 2. The van der Waals surface area contributed by atoms with Crippen LogP contribution in [0.25, 0.3) is 10.8 Å². The van der Waals surface area contributed by atoms with Crippen LogP contribution in [0.5, 0.6) is 0 Å². The van der Waals surface area contributed by atoms with Crippen LogP contribution in [-0.2, 0) is 11.3 Å². The molecule has 2 aromatic carbocycles. The summed E-state index contributed by atoms with van der Waals surface area (Å²) in [5, 5.41) is 11.2. The van der Waals surface area contributed by atoms with Crippen LogP contribution in [0.1, 0.15) is 5.56 Å². The fourth-order valence-electron chi connectivity index (χ4n) is 2.26. The van der Waals surface area contributed by atoms with Gasteiger partial charge in [-0.3, -0.25) is 4.79 Å². The predicted molar refractivity (Wildman–Crippen MR) is 87.0 cm³/mol. The molecule has 0 unspecified atom stereocenters. The minimum absolute atomic E-state index is 0.179. The standard InChI is InChI=1S/C17H17N3O2/c21-17-15-9-5-4-8-14(15)16(19-20-17)18-10-11-22-12-13-6-2-1-3-7-13/h1-9H,10-12H2,(H,18,19)(H,20,21). The van der Waals surface area contributed by atoms with E-state index in [-0.39, 0.29) is 5.56 Å². The van der Waals surface area contributed by atoms with Gasteiger partial charge in [0.15, 0.2) is 5.82 Å². The molecule has 22 heavy (non-hydrogen) atoms. The number of anilines is 1. The van der Waals surface area contributed by atoms with Gasteiger partial charge in [0.1, 0.15) is 0 Å². The van der Waals surface area contributed by atoms with Crippen molar-refractivity contribution >= 4 is 16.6 Å². The first-order valence-electron chi connectivity index (χ1n) is 7.17. The van der Waals surface area contributed by atoms with Gasteiger partial charge >= 0.3 is 0 Å². The SMILES string of the molecule is O=c1[nH]nc(NCCOCc2ccccc2)c2ccccc12. The molecule has 0 atom stereocenters. The van der Waals surface area contributed by atoms with Crippen molar-refractivity contribution in [3.8, 4) is 0 Å². The van der Waals surface area contributed by atoms with E-state index in [1.54, 1.807) is 6.07 Å². The first-order valence-corrected chi connectivity index (χ1v) is 7.17. The highest BCUT2D eigenvalue weighted by Gasteiger charge is 2.04. The number of hydrogen-bond donors (Lipinski definition) is 2. The van der Waals surface area contributed by atoms with E-state index >= 15 is 0 Å². The molecule has 0 aliphatic rings. The Morgan fingerprint density at radius 2 is 1.73 bits per heavy atom. The average Bonchev–Trinajstić information content (AvgIpc) is 2.58. The van der Waals surface area contributed by atoms with Crippen molar-refractivity contribution in [2.24, 2.45) is 0 Å². The second-order valence-corrected chi connectivity index (χ2v) is 4.91. The number of ether oxygens (including phenoxy) is 1. The summed E-state index contributed by atoms with van der Waals surface area (Å²) in [6.45, 7) is 1.77. The second-order valence-electron chi connectivity index (χ2n) is 4.91. The molecule has 1 heterocycles. The number of H-pyrrole nitrogens is 1. The zero-order valence-corrected chi connectivity index (χ0v) is 12.1. The zero-order valence-electron chi connectivity index (χ0n) is 12.1. The fraction of sp³-hybridized carbons (Fsp3) is 0.176. The van der Waals surface area contributed by atoms with Gasteiger partial charge in [-0.25, -0.2) is 5.10 Å². The van der Waals surface area contributed by atoms with Gasteiger partial charge < -0.3 is 10.1 Å². The third-order valence-electron chi connectivity index (χ3n) is 3.35. The summed E-state index contributed by atoms with van der Waals surface area (Å²) in [6.07, 6.45) is 0. The van der Waals surface area contributed by atoms with Gasteiger partial charge in [0.2, 0.25) is 0 Å². The summed E-state index contributed by atoms with van der Waals surface area (Å²) in [6, 6.07) is 17.4. The Hall–Kier alpha value is -2.66.